The van der Waals surface area contributed by atoms with Crippen molar-refractivity contribution >= 4 is 28.4 Å². The third-order valence-electron chi connectivity index (χ3n) is 6.53. The molecule has 2 aromatic carbocycles. The van der Waals surface area contributed by atoms with E-state index in [0.29, 0.717) is 18.5 Å². The van der Waals surface area contributed by atoms with Crippen LogP contribution in [0.5, 0.6) is 0 Å². The Labute approximate surface area is 185 Å². The molecule has 32 heavy (non-hydrogen) atoms. The van der Waals surface area contributed by atoms with Crippen molar-refractivity contribution in [1.82, 2.24) is 14.8 Å². The lowest BCUT2D eigenvalue weighted by Crippen LogP contribution is -2.63. The van der Waals surface area contributed by atoms with Crippen LogP contribution in [-0.2, 0) is 16.0 Å². The van der Waals surface area contributed by atoms with Gasteiger partial charge in [-0.25, -0.2) is 0 Å². The Balaban J connectivity index is 1.67. The largest absolute Gasteiger partial charge is 0.733 e. The Kier molecular flexibility index (Phi) is 5.11. The first kappa shape index (κ1) is 20.5. The molecule has 2 aliphatic heterocycles. The predicted molar refractivity (Wildman–Crippen MR) is 120 cm³/mol. The van der Waals surface area contributed by atoms with E-state index in [1.807, 2.05) is 30.3 Å². The maximum absolute atomic E-state index is 13.5. The van der Waals surface area contributed by atoms with E-state index in [1.165, 1.54) is 6.07 Å². The number of benzene rings is 2. The molecule has 2 atom stereocenters. The highest BCUT2D eigenvalue weighted by molar-refractivity contribution is 5.97. The number of H-pyrrole nitrogens is 1. The molecule has 5 rings (SSSR count). The smallest absolute Gasteiger partial charge is 0.246 e. The van der Waals surface area contributed by atoms with Gasteiger partial charge in [-0.1, -0.05) is 43.7 Å². The van der Waals surface area contributed by atoms with Crippen molar-refractivity contribution in [2.45, 2.75) is 38.3 Å². The average molecular weight is 433 g/mol. The molecule has 0 spiro atoms. The van der Waals surface area contributed by atoms with Gasteiger partial charge in [0.1, 0.15) is 6.04 Å². The maximum atomic E-state index is 13.5. The third-order valence-corrected chi connectivity index (χ3v) is 6.53. The zero-order valence-electron chi connectivity index (χ0n) is 17.8. The minimum absolute atomic E-state index is 0.0391. The number of carbonyl (C=O) groups is 2. The summed E-state index contributed by atoms with van der Waals surface area (Å²) in [6.07, 6.45) is 2.24. The maximum Gasteiger partial charge on any atom is 0.246 e. The van der Waals surface area contributed by atoms with Crippen LogP contribution in [0.25, 0.3) is 10.9 Å². The van der Waals surface area contributed by atoms with Crippen LogP contribution < -0.4 is 5.23 Å². The summed E-state index contributed by atoms with van der Waals surface area (Å²) in [7, 11) is 0. The molecule has 1 fully saturated rings. The quantitative estimate of drug-likeness (QED) is 0.601. The Hall–Kier alpha value is -3.36. The van der Waals surface area contributed by atoms with Gasteiger partial charge >= 0.3 is 0 Å². The topological polar surface area (TPSA) is 103 Å². The molecular weight excluding hydrogens is 408 g/mol. The van der Waals surface area contributed by atoms with E-state index in [-0.39, 0.29) is 29.3 Å². The second kappa shape index (κ2) is 7.96. The van der Waals surface area contributed by atoms with E-state index < -0.39 is 12.1 Å². The number of nitrogens with zero attached hydrogens (tertiary/aromatic N) is 3. The number of para-hydroxylation sites is 1. The average Bonchev–Trinajstić information content (AvgIpc) is 3.17. The lowest BCUT2D eigenvalue weighted by atomic mass is 9.86. The number of aromatic amines is 1. The van der Waals surface area contributed by atoms with Crippen LogP contribution in [0.4, 0.5) is 5.69 Å². The number of carbonyl (C=O) groups excluding carboxylic acids is 2. The van der Waals surface area contributed by atoms with Gasteiger partial charge in [0.15, 0.2) is 0 Å². The highest BCUT2D eigenvalue weighted by Crippen LogP contribution is 2.43. The fraction of sp³-hybridized carbons (Fsp3) is 0.333. The lowest BCUT2D eigenvalue weighted by molar-refractivity contribution is -0.158. The second-order valence-electron chi connectivity index (χ2n) is 8.47. The first-order chi connectivity index (χ1) is 15.5. The number of amides is 2. The van der Waals surface area contributed by atoms with Gasteiger partial charge in [0.2, 0.25) is 11.8 Å². The Morgan fingerprint density at radius 1 is 1.19 bits per heavy atom. The second-order valence-corrected chi connectivity index (χ2v) is 8.47. The van der Waals surface area contributed by atoms with Gasteiger partial charge in [-0.2, -0.15) is 0 Å². The van der Waals surface area contributed by atoms with E-state index in [4.69, 9.17) is 0 Å². The molecule has 0 bridgehead atoms. The van der Waals surface area contributed by atoms with Crippen LogP contribution in [0, 0.1) is 5.21 Å². The monoisotopic (exact) mass is 433 g/mol. The van der Waals surface area contributed by atoms with E-state index in [0.717, 1.165) is 35.0 Å². The number of anilines is 1. The molecule has 0 aliphatic carbocycles. The number of nitrogens with one attached hydrogen (secondary N) is 1. The number of hydrogen-bond acceptors (Lipinski definition) is 5. The molecule has 0 saturated carbocycles. The molecule has 3 aromatic rings. The van der Waals surface area contributed by atoms with Crippen molar-refractivity contribution in [2.75, 3.05) is 18.3 Å². The van der Waals surface area contributed by atoms with Crippen LogP contribution in [-0.4, -0.2) is 50.9 Å². The summed E-state index contributed by atoms with van der Waals surface area (Å²) in [4.78, 5) is 33.6. The summed E-state index contributed by atoms with van der Waals surface area (Å²) in [5.74, 6) is -0.156. The van der Waals surface area contributed by atoms with E-state index >= 15 is 0 Å². The van der Waals surface area contributed by atoms with Gasteiger partial charge in [-0.3, -0.25) is 14.8 Å². The van der Waals surface area contributed by atoms with Crippen molar-refractivity contribution in [3.8, 4) is 0 Å². The minimum atomic E-state index is -0.606. The number of rotatable bonds is 5. The summed E-state index contributed by atoms with van der Waals surface area (Å²) < 4.78 is 0. The van der Waals surface area contributed by atoms with E-state index in [1.54, 1.807) is 21.9 Å². The molecule has 3 heterocycles. The molecule has 8 nitrogen and oxygen atoms in total. The normalized spacial score (nSPS) is 20.5. The van der Waals surface area contributed by atoms with Crippen LogP contribution in [0.1, 0.15) is 42.6 Å². The minimum Gasteiger partial charge on any atom is -0.733 e. The number of unbranched alkanes of at least 4 members (excludes halogenated alkanes) is 1. The Morgan fingerprint density at radius 2 is 2.00 bits per heavy atom. The number of aromatic nitrogens is 1. The fourth-order valence-corrected chi connectivity index (χ4v) is 5.02. The first-order valence-electron chi connectivity index (χ1n) is 10.9. The number of piperazine rings is 1. The zero-order chi connectivity index (χ0) is 22.4. The van der Waals surface area contributed by atoms with Gasteiger partial charge in [-0.15, -0.1) is 0 Å². The molecule has 8 heteroatoms. The number of hydrogen-bond donors (Lipinski definition) is 2. The van der Waals surface area contributed by atoms with Crippen LogP contribution >= 0.6 is 0 Å². The molecule has 1 unspecified atom stereocenters. The third kappa shape index (κ3) is 3.23. The van der Waals surface area contributed by atoms with E-state index in [9.17, 15) is 20.0 Å². The summed E-state index contributed by atoms with van der Waals surface area (Å²) in [5.41, 5.74) is 3.53. The molecule has 1 saturated heterocycles. The SMILES string of the molecule is CCCCN1CC(=O)N2C(c3cccc(N([O-])O)c3)c3[nH]c4ccccc4c3C[C@H]2C1=O. The molecule has 2 amide bonds. The van der Waals surface area contributed by atoms with Crippen LogP contribution in [0.2, 0.25) is 0 Å². The van der Waals surface area contributed by atoms with Gasteiger partial charge in [0.05, 0.1) is 18.3 Å². The number of fused-ring (bicyclic) bond motifs is 4. The molecular formula is C24H25N4O4-. The molecule has 166 valence electrons. The van der Waals surface area contributed by atoms with Crippen molar-refractivity contribution in [3.63, 3.8) is 0 Å². The highest BCUT2D eigenvalue weighted by atomic mass is 16.8. The summed E-state index contributed by atoms with van der Waals surface area (Å²) in [6.45, 7) is 2.68. The van der Waals surface area contributed by atoms with Crippen molar-refractivity contribution < 1.29 is 14.8 Å². The zero-order valence-corrected chi connectivity index (χ0v) is 17.8. The fourth-order valence-electron chi connectivity index (χ4n) is 5.02. The summed E-state index contributed by atoms with van der Waals surface area (Å²) in [6, 6.07) is 13.3. The van der Waals surface area contributed by atoms with Crippen LogP contribution in [0.15, 0.2) is 48.5 Å². The highest BCUT2D eigenvalue weighted by Gasteiger charge is 2.48. The summed E-state index contributed by atoms with van der Waals surface area (Å²) >= 11 is 0. The predicted octanol–water partition coefficient (Wildman–Crippen LogP) is 3.35. The van der Waals surface area contributed by atoms with Gasteiger partial charge in [0, 0.05) is 29.6 Å². The Bertz CT molecular complexity index is 1190. The molecule has 0 radical (unpaired) electrons. The lowest BCUT2D eigenvalue weighted by Gasteiger charge is -2.47. The standard InChI is InChI=1S/C24H25N4O4/c1-2-3-11-26-14-21(29)27-20(24(26)30)13-18-17-9-4-5-10-19(17)25-22(18)23(27)15-7-6-8-16(12-15)28(31)32/h4-10,12,20,23,25,31H,2-3,11,13-14H2,1H3/q-1/t20-,23?/m0/s1. The molecule has 2 N–H and O–H groups in total. The summed E-state index contributed by atoms with van der Waals surface area (Å²) in [5, 5.41) is 21.8. The Morgan fingerprint density at radius 3 is 2.78 bits per heavy atom. The van der Waals surface area contributed by atoms with E-state index in [2.05, 4.69) is 11.9 Å². The van der Waals surface area contributed by atoms with Gasteiger partial charge in [0.25, 0.3) is 0 Å². The van der Waals surface area contributed by atoms with Crippen molar-refractivity contribution in [1.29, 1.82) is 0 Å². The first-order valence-corrected chi connectivity index (χ1v) is 10.9. The van der Waals surface area contributed by atoms with Crippen LogP contribution in [0.3, 0.4) is 0 Å². The van der Waals surface area contributed by atoms with Crippen molar-refractivity contribution in [3.05, 3.63) is 70.6 Å². The van der Waals surface area contributed by atoms with Gasteiger partial charge < -0.3 is 25.2 Å². The molecule has 1 aromatic heterocycles. The van der Waals surface area contributed by atoms with Crippen molar-refractivity contribution in [2.24, 2.45) is 0 Å². The molecule has 2 aliphatic rings. The van der Waals surface area contributed by atoms with Gasteiger partial charge in [-0.05, 0) is 35.7 Å².